The number of carbonyl (C=O) groups is 1. The lowest BCUT2D eigenvalue weighted by atomic mass is 9.97. The highest BCUT2D eigenvalue weighted by molar-refractivity contribution is 7.89. The largest absolute Gasteiger partial charge is 0.490 e. The van der Waals surface area contributed by atoms with Crippen LogP contribution in [0.15, 0.2) is 47.4 Å². The van der Waals surface area contributed by atoms with E-state index in [0.717, 1.165) is 17.7 Å². The van der Waals surface area contributed by atoms with Crippen LogP contribution in [0.1, 0.15) is 38.7 Å². The van der Waals surface area contributed by atoms with Crippen molar-refractivity contribution < 1.29 is 27.4 Å². The summed E-state index contributed by atoms with van der Waals surface area (Å²) in [6.07, 6.45) is 1.81. The van der Waals surface area contributed by atoms with E-state index >= 15 is 0 Å². The second-order valence-electron chi connectivity index (χ2n) is 8.89. The third-order valence-electron chi connectivity index (χ3n) is 5.96. The molecule has 1 saturated heterocycles. The van der Waals surface area contributed by atoms with Gasteiger partial charge in [-0.25, -0.2) is 8.42 Å². The van der Waals surface area contributed by atoms with Gasteiger partial charge >= 0.3 is 0 Å². The number of anilines is 1. The summed E-state index contributed by atoms with van der Waals surface area (Å²) in [6.45, 7) is 6.06. The van der Waals surface area contributed by atoms with Crippen LogP contribution < -0.4 is 14.8 Å². The average molecular weight is 489 g/mol. The van der Waals surface area contributed by atoms with Crippen molar-refractivity contribution in [2.75, 3.05) is 31.6 Å². The van der Waals surface area contributed by atoms with E-state index in [9.17, 15) is 13.2 Å². The highest BCUT2D eigenvalue weighted by atomic mass is 32.2. The molecule has 1 amide bonds. The highest BCUT2D eigenvalue weighted by Gasteiger charge is 2.33. The van der Waals surface area contributed by atoms with Crippen LogP contribution in [0, 0.1) is 5.92 Å². The van der Waals surface area contributed by atoms with Gasteiger partial charge in [0, 0.05) is 37.2 Å². The van der Waals surface area contributed by atoms with Crippen LogP contribution >= 0.6 is 0 Å². The number of ether oxygens (including phenoxy) is 3. The summed E-state index contributed by atoms with van der Waals surface area (Å²) in [4.78, 5) is 13.0. The van der Waals surface area contributed by atoms with Crippen molar-refractivity contribution in [1.82, 2.24) is 4.31 Å². The molecule has 0 bridgehead atoms. The molecule has 9 heteroatoms. The molecule has 1 N–H and O–H groups in total. The monoisotopic (exact) mass is 488 g/mol. The molecule has 2 aliphatic heterocycles. The molecule has 2 heterocycles. The van der Waals surface area contributed by atoms with E-state index in [4.69, 9.17) is 14.2 Å². The molecule has 34 heavy (non-hydrogen) atoms. The van der Waals surface area contributed by atoms with E-state index < -0.39 is 10.0 Å². The molecule has 0 spiro atoms. The first-order chi connectivity index (χ1) is 16.3. The van der Waals surface area contributed by atoms with E-state index in [1.165, 1.54) is 10.4 Å². The van der Waals surface area contributed by atoms with Crippen LogP contribution in [-0.4, -0.2) is 51.0 Å². The topological polar surface area (TPSA) is 94.2 Å². The van der Waals surface area contributed by atoms with Crippen molar-refractivity contribution in [3.05, 3.63) is 48.0 Å². The van der Waals surface area contributed by atoms with E-state index in [2.05, 4.69) is 5.32 Å². The Hall–Kier alpha value is -2.62. The molecular formula is C25H32N2O6S. The molecular weight excluding hydrogens is 456 g/mol. The molecule has 0 radical (unpaired) electrons. The number of hydrogen-bond acceptors (Lipinski definition) is 6. The number of nitrogens with one attached hydrogen (secondary N) is 1. The summed E-state index contributed by atoms with van der Waals surface area (Å²) in [7, 11) is -3.68. The van der Waals surface area contributed by atoms with Crippen molar-refractivity contribution in [3.63, 3.8) is 0 Å². The number of amides is 1. The van der Waals surface area contributed by atoms with Gasteiger partial charge in [-0.3, -0.25) is 4.79 Å². The van der Waals surface area contributed by atoms with Crippen LogP contribution in [-0.2, 0) is 26.2 Å². The van der Waals surface area contributed by atoms with E-state index in [1.807, 2.05) is 38.1 Å². The molecule has 1 fully saturated rings. The maximum atomic E-state index is 13.2. The molecule has 0 unspecified atom stereocenters. The van der Waals surface area contributed by atoms with Crippen LogP contribution in [0.2, 0.25) is 0 Å². The number of carbonyl (C=O) groups excluding carboxylic acids is 1. The SMILES string of the molecule is CC(C)OCc1cccc(NC(=O)C2CCN(S(=O)(=O)c3ccc4c(c3)OCCCO4)CC2)c1. The number of rotatable bonds is 7. The van der Waals surface area contributed by atoms with Crippen molar-refractivity contribution in [2.24, 2.45) is 5.92 Å². The predicted octanol–water partition coefficient (Wildman–Crippen LogP) is 3.81. The Morgan fingerprint density at radius 1 is 1.09 bits per heavy atom. The Kier molecular flexibility index (Phi) is 7.75. The molecule has 2 aliphatic rings. The minimum absolute atomic E-state index is 0.0884. The number of fused-ring (bicyclic) bond motifs is 1. The van der Waals surface area contributed by atoms with E-state index in [1.54, 1.807) is 12.1 Å². The maximum absolute atomic E-state index is 13.2. The predicted molar refractivity (Wildman–Crippen MR) is 129 cm³/mol. The zero-order valence-electron chi connectivity index (χ0n) is 19.7. The Balaban J connectivity index is 1.35. The fourth-order valence-electron chi connectivity index (χ4n) is 4.06. The molecule has 8 nitrogen and oxygen atoms in total. The van der Waals surface area contributed by atoms with Crippen LogP contribution in [0.3, 0.4) is 0 Å². The lowest BCUT2D eigenvalue weighted by molar-refractivity contribution is -0.120. The van der Waals surface area contributed by atoms with Crippen molar-refractivity contribution in [3.8, 4) is 11.5 Å². The minimum Gasteiger partial charge on any atom is -0.490 e. The third kappa shape index (κ3) is 5.89. The zero-order chi connectivity index (χ0) is 24.1. The molecule has 0 atom stereocenters. The van der Waals surface area contributed by atoms with Gasteiger partial charge in [-0.2, -0.15) is 4.31 Å². The van der Waals surface area contributed by atoms with Gasteiger partial charge in [0.2, 0.25) is 15.9 Å². The minimum atomic E-state index is -3.68. The Morgan fingerprint density at radius 2 is 1.82 bits per heavy atom. The molecule has 0 aromatic heterocycles. The first-order valence-electron chi connectivity index (χ1n) is 11.7. The van der Waals surface area contributed by atoms with Gasteiger partial charge in [0.05, 0.1) is 30.8 Å². The van der Waals surface area contributed by atoms with Crippen molar-refractivity contribution in [1.29, 1.82) is 0 Å². The maximum Gasteiger partial charge on any atom is 0.243 e. The fraction of sp³-hybridized carbons (Fsp3) is 0.480. The summed E-state index contributed by atoms with van der Waals surface area (Å²) in [5.41, 5.74) is 1.71. The summed E-state index contributed by atoms with van der Waals surface area (Å²) in [5.74, 6) is 0.681. The van der Waals surface area contributed by atoms with Crippen molar-refractivity contribution in [2.45, 2.75) is 50.7 Å². The first-order valence-corrected chi connectivity index (χ1v) is 13.2. The second-order valence-corrected chi connectivity index (χ2v) is 10.8. The number of piperidine rings is 1. The Morgan fingerprint density at radius 3 is 2.56 bits per heavy atom. The summed E-state index contributed by atoms with van der Waals surface area (Å²) in [5, 5.41) is 2.97. The van der Waals surface area contributed by atoms with Gasteiger partial charge in [-0.1, -0.05) is 12.1 Å². The summed E-state index contributed by atoms with van der Waals surface area (Å²) >= 11 is 0. The number of nitrogens with zero attached hydrogens (tertiary/aromatic N) is 1. The fourth-order valence-corrected chi connectivity index (χ4v) is 5.54. The van der Waals surface area contributed by atoms with Gasteiger partial charge in [0.15, 0.2) is 11.5 Å². The van der Waals surface area contributed by atoms with Gasteiger partial charge in [-0.05, 0) is 56.5 Å². The normalized spacial score (nSPS) is 17.4. The second kappa shape index (κ2) is 10.8. The highest BCUT2D eigenvalue weighted by Crippen LogP contribution is 2.34. The van der Waals surface area contributed by atoms with Crippen LogP contribution in [0.25, 0.3) is 0 Å². The number of benzene rings is 2. The zero-order valence-corrected chi connectivity index (χ0v) is 20.5. The van der Waals surface area contributed by atoms with Gasteiger partial charge in [0.25, 0.3) is 0 Å². The van der Waals surface area contributed by atoms with Crippen LogP contribution in [0.4, 0.5) is 5.69 Å². The number of hydrogen-bond donors (Lipinski definition) is 1. The van der Waals surface area contributed by atoms with Crippen molar-refractivity contribution >= 4 is 21.6 Å². The Bertz CT molecular complexity index is 1110. The lowest BCUT2D eigenvalue weighted by Gasteiger charge is -2.30. The first kappa shape index (κ1) is 24.5. The molecule has 2 aromatic carbocycles. The van der Waals surface area contributed by atoms with Crippen LogP contribution in [0.5, 0.6) is 11.5 Å². The summed E-state index contributed by atoms with van der Waals surface area (Å²) in [6, 6.07) is 12.3. The summed E-state index contributed by atoms with van der Waals surface area (Å²) < 4.78 is 44.7. The molecule has 0 aliphatic carbocycles. The van der Waals surface area contributed by atoms with E-state index in [0.29, 0.717) is 44.2 Å². The average Bonchev–Trinajstić information content (AvgIpc) is 3.08. The molecule has 2 aromatic rings. The lowest BCUT2D eigenvalue weighted by Crippen LogP contribution is -2.41. The standard InChI is InChI=1S/C25H32N2O6S/c1-18(2)33-17-19-5-3-6-21(15-19)26-25(28)20-9-11-27(12-10-20)34(29,30)22-7-8-23-24(16-22)32-14-4-13-31-23/h3,5-8,15-16,18,20H,4,9-14,17H2,1-2H3,(H,26,28). The molecule has 0 saturated carbocycles. The quantitative estimate of drug-likeness (QED) is 0.637. The Labute approximate surface area is 201 Å². The van der Waals surface area contributed by atoms with Gasteiger partial charge in [-0.15, -0.1) is 0 Å². The van der Waals surface area contributed by atoms with Gasteiger partial charge < -0.3 is 19.5 Å². The molecule has 184 valence electrons. The number of sulfonamides is 1. The smallest absolute Gasteiger partial charge is 0.243 e. The van der Waals surface area contributed by atoms with Gasteiger partial charge in [0.1, 0.15) is 0 Å². The molecule has 4 rings (SSSR count). The van der Waals surface area contributed by atoms with E-state index in [-0.39, 0.29) is 35.9 Å². The third-order valence-corrected chi connectivity index (χ3v) is 7.85.